The Morgan fingerprint density at radius 3 is 2.72 bits per heavy atom. The monoisotopic (exact) mass is 556 g/mol. The zero-order valence-electron chi connectivity index (χ0n) is 21.8. The quantitative estimate of drug-likeness (QED) is 0.319. The Bertz CT molecular complexity index is 1430. The van der Waals surface area contributed by atoms with E-state index in [1.807, 2.05) is 11.0 Å². The van der Waals surface area contributed by atoms with Crippen molar-refractivity contribution < 1.29 is 13.2 Å². The lowest BCUT2D eigenvalue weighted by molar-refractivity contribution is -0.147. The highest BCUT2D eigenvalue weighted by Gasteiger charge is 2.39. The van der Waals surface area contributed by atoms with Crippen molar-refractivity contribution in [2.45, 2.75) is 52.0 Å². The Kier molecular flexibility index (Phi) is 7.15. The number of benzene rings is 1. The Morgan fingerprint density at radius 1 is 1.08 bits per heavy atom. The summed E-state index contributed by atoms with van der Waals surface area (Å²) in [4.78, 5) is 16.3. The molecule has 12 heteroatoms. The molecule has 0 bridgehead atoms. The van der Waals surface area contributed by atoms with Crippen LogP contribution in [0, 0.1) is 5.92 Å². The van der Waals surface area contributed by atoms with Crippen molar-refractivity contribution in [1.82, 2.24) is 29.6 Å². The van der Waals surface area contributed by atoms with Gasteiger partial charge in [0.05, 0.1) is 11.9 Å². The van der Waals surface area contributed by atoms with E-state index in [0.717, 1.165) is 61.5 Å². The van der Waals surface area contributed by atoms with Gasteiger partial charge >= 0.3 is 6.18 Å². The van der Waals surface area contributed by atoms with Crippen LogP contribution >= 0.6 is 11.3 Å². The number of hydrogen-bond acceptors (Lipinski definition) is 8. The maximum Gasteiger partial charge on any atom is 0.451 e. The second-order valence-electron chi connectivity index (χ2n) is 10.3. The van der Waals surface area contributed by atoms with Crippen molar-refractivity contribution in [3.63, 3.8) is 0 Å². The third-order valence-electron chi connectivity index (χ3n) is 7.39. The molecular formula is C27H31F3N8S. The summed E-state index contributed by atoms with van der Waals surface area (Å²) in [6, 6.07) is 12.6. The van der Waals surface area contributed by atoms with Crippen LogP contribution in [0.25, 0.3) is 10.2 Å². The van der Waals surface area contributed by atoms with E-state index in [-0.39, 0.29) is 13.1 Å². The normalized spacial score (nSPS) is 18.2. The summed E-state index contributed by atoms with van der Waals surface area (Å²) in [5.74, 6) is 1.15. The molecule has 2 aliphatic rings. The molecular weight excluding hydrogens is 525 g/mol. The first-order valence-electron chi connectivity index (χ1n) is 13.4. The molecule has 5 heterocycles. The average molecular weight is 557 g/mol. The number of alkyl halides is 3. The molecule has 1 N–H and O–H groups in total. The summed E-state index contributed by atoms with van der Waals surface area (Å²) < 4.78 is 41.2. The van der Waals surface area contributed by atoms with Crippen molar-refractivity contribution in [3.8, 4) is 0 Å². The zero-order valence-corrected chi connectivity index (χ0v) is 22.6. The summed E-state index contributed by atoms with van der Waals surface area (Å²) in [5.41, 5.74) is 1.32. The van der Waals surface area contributed by atoms with Crippen molar-refractivity contribution in [2.75, 3.05) is 36.4 Å². The maximum atomic E-state index is 13.3. The van der Waals surface area contributed by atoms with E-state index in [2.05, 4.69) is 57.7 Å². The molecule has 1 atom stereocenters. The predicted octanol–water partition coefficient (Wildman–Crippen LogP) is 5.21. The lowest BCUT2D eigenvalue weighted by Crippen LogP contribution is -2.36. The highest BCUT2D eigenvalue weighted by Crippen LogP contribution is 2.35. The molecule has 0 spiro atoms. The van der Waals surface area contributed by atoms with Gasteiger partial charge in [-0.2, -0.15) is 18.2 Å². The van der Waals surface area contributed by atoms with Crippen molar-refractivity contribution >= 4 is 33.3 Å². The summed E-state index contributed by atoms with van der Waals surface area (Å²) in [6.45, 7) is 6.69. The highest BCUT2D eigenvalue weighted by atomic mass is 32.1. The van der Waals surface area contributed by atoms with Gasteiger partial charge < -0.3 is 14.8 Å². The largest absolute Gasteiger partial charge is 0.451 e. The van der Waals surface area contributed by atoms with Gasteiger partial charge in [-0.05, 0) is 36.9 Å². The van der Waals surface area contributed by atoms with Gasteiger partial charge in [-0.1, -0.05) is 43.7 Å². The molecule has 2 aliphatic heterocycles. The van der Waals surface area contributed by atoms with Crippen LogP contribution in [0.15, 0.2) is 36.4 Å². The fourth-order valence-electron chi connectivity index (χ4n) is 5.49. The third-order valence-corrected chi connectivity index (χ3v) is 8.48. The molecule has 39 heavy (non-hydrogen) atoms. The number of halogens is 3. The summed E-state index contributed by atoms with van der Waals surface area (Å²) in [7, 11) is 0. The molecule has 206 valence electrons. The fourth-order valence-corrected chi connectivity index (χ4v) is 6.62. The second-order valence-corrected chi connectivity index (χ2v) is 11.4. The second kappa shape index (κ2) is 10.7. The standard InChI is InChI=1S/C27H31F3N8S/c1-2-6-20-13-21-23(37-11-12-38-22(17-37)34-35-25(38)27(28,29)30)32-26(33-24(21)39-20)31-14-19-9-10-36(16-19)15-18-7-4-3-5-8-18/h3-5,7-8,13,19H,2,6,9-12,14-17H2,1H3,(H,31,32,33). The number of nitrogens with zero attached hydrogens (tertiary/aromatic N) is 7. The first kappa shape index (κ1) is 26.0. The lowest BCUT2D eigenvalue weighted by atomic mass is 10.1. The SMILES string of the molecule is CCCc1cc2c(N3CCn4c(nnc4C(F)(F)F)C3)nc(NCC3CCN(Cc4ccccc4)C3)nc2s1. The topological polar surface area (TPSA) is 75.0 Å². The number of thiophene rings is 1. The van der Waals surface area contributed by atoms with Crippen LogP contribution in [0.5, 0.6) is 0 Å². The van der Waals surface area contributed by atoms with Crippen molar-refractivity contribution in [3.05, 3.63) is 58.5 Å². The van der Waals surface area contributed by atoms with Crippen LogP contribution in [0.1, 0.15) is 41.9 Å². The van der Waals surface area contributed by atoms with Crippen LogP contribution in [0.4, 0.5) is 24.9 Å². The molecule has 1 fully saturated rings. The van der Waals surface area contributed by atoms with E-state index in [9.17, 15) is 13.2 Å². The van der Waals surface area contributed by atoms with Gasteiger partial charge in [0.15, 0.2) is 5.82 Å². The van der Waals surface area contributed by atoms with Gasteiger partial charge in [0, 0.05) is 37.6 Å². The Labute approximate surface area is 228 Å². The minimum atomic E-state index is -4.52. The summed E-state index contributed by atoms with van der Waals surface area (Å²) in [6.07, 6.45) is -1.44. The van der Waals surface area contributed by atoms with Gasteiger partial charge in [0.2, 0.25) is 11.8 Å². The highest BCUT2D eigenvalue weighted by molar-refractivity contribution is 7.18. The molecule has 6 rings (SSSR count). The molecule has 0 aliphatic carbocycles. The van der Waals surface area contributed by atoms with E-state index in [4.69, 9.17) is 9.97 Å². The smallest absolute Gasteiger partial charge is 0.354 e. The number of anilines is 2. The maximum absolute atomic E-state index is 13.3. The first-order chi connectivity index (χ1) is 18.9. The molecule has 1 unspecified atom stereocenters. The summed E-state index contributed by atoms with van der Waals surface area (Å²) in [5, 5.41) is 11.7. The molecule has 1 aromatic carbocycles. The van der Waals surface area contributed by atoms with Crippen molar-refractivity contribution in [1.29, 1.82) is 0 Å². The van der Waals surface area contributed by atoms with Gasteiger partial charge in [0.1, 0.15) is 10.6 Å². The number of nitrogens with one attached hydrogen (secondary N) is 1. The van der Waals surface area contributed by atoms with Crippen LogP contribution in [0.2, 0.25) is 0 Å². The van der Waals surface area contributed by atoms with Crippen LogP contribution in [0.3, 0.4) is 0 Å². The number of hydrogen-bond donors (Lipinski definition) is 1. The van der Waals surface area contributed by atoms with Crippen LogP contribution in [-0.2, 0) is 32.2 Å². The zero-order chi connectivity index (χ0) is 27.0. The number of likely N-dealkylation sites (tertiary alicyclic amines) is 1. The molecule has 4 aromatic rings. The van der Waals surface area contributed by atoms with Gasteiger partial charge in [-0.25, -0.2) is 4.98 Å². The number of aromatic nitrogens is 5. The molecule has 0 radical (unpaired) electrons. The first-order valence-corrected chi connectivity index (χ1v) is 14.2. The lowest BCUT2D eigenvalue weighted by Gasteiger charge is -2.29. The Hall–Kier alpha value is -3.25. The Morgan fingerprint density at radius 2 is 1.92 bits per heavy atom. The average Bonchev–Trinajstić information content (AvgIpc) is 3.65. The fraction of sp³-hybridized carbons (Fsp3) is 0.481. The molecule has 1 saturated heterocycles. The molecule has 3 aromatic heterocycles. The Balaban J connectivity index is 1.20. The van der Waals surface area contributed by atoms with E-state index in [0.29, 0.717) is 24.2 Å². The minimum absolute atomic E-state index is 0.150. The van der Waals surface area contributed by atoms with Crippen LogP contribution < -0.4 is 10.2 Å². The van der Waals surface area contributed by atoms with Gasteiger partial charge in [-0.3, -0.25) is 4.90 Å². The van der Waals surface area contributed by atoms with Crippen LogP contribution in [-0.4, -0.2) is 55.8 Å². The number of fused-ring (bicyclic) bond motifs is 2. The molecule has 8 nitrogen and oxygen atoms in total. The summed E-state index contributed by atoms with van der Waals surface area (Å²) >= 11 is 1.66. The predicted molar refractivity (Wildman–Crippen MR) is 146 cm³/mol. The molecule has 0 saturated carbocycles. The van der Waals surface area contributed by atoms with E-state index >= 15 is 0 Å². The van der Waals surface area contributed by atoms with Gasteiger partial charge in [0.25, 0.3) is 0 Å². The number of aryl methyl sites for hydroxylation is 1. The van der Waals surface area contributed by atoms with E-state index in [1.165, 1.54) is 15.0 Å². The number of rotatable bonds is 8. The van der Waals surface area contributed by atoms with Crippen molar-refractivity contribution in [2.24, 2.45) is 5.92 Å². The van der Waals surface area contributed by atoms with Gasteiger partial charge in [-0.15, -0.1) is 21.5 Å². The third kappa shape index (κ3) is 5.58. The van der Waals surface area contributed by atoms with E-state index in [1.54, 1.807) is 11.3 Å². The minimum Gasteiger partial charge on any atom is -0.354 e. The molecule has 0 amide bonds. The van der Waals surface area contributed by atoms with E-state index < -0.39 is 12.0 Å².